The van der Waals surface area contributed by atoms with Crippen molar-refractivity contribution < 1.29 is 4.74 Å². The average molecular weight is 176 g/mol. The molecule has 0 radical (unpaired) electrons. The van der Waals surface area contributed by atoms with Gasteiger partial charge in [-0.2, -0.15) is 0 Å². The SMILES string of the molecule is COCc1ccc2nc(C)cn2c1. The van der Waals surface area contributed by atoms with E-state index in [-0.39, 0.29) is 0 Å². The van der Waals surface area contributed by atoms with E-state index in [2.05, 4.69) is 4.98 Å². The maximum absolute atomic E-state index is 5.05. The highest BCUT2D eigenvalue weighted by molar-refractivity contribution is 5.41. The van der Waals surface area contributed by atoms with Crippen molar-refractivity contribution in [1.29, 1.82) is 0 Å². The second kappa shape index (κ2) is 3.18. The van der Waals surface area contributed by atoms with E-state index in [1.165, 1.54) is 0 Å². The summed E-state index contributed by atoms with van der Waals surface area (Å²) in [5, 5.41) is 0. The number of methoxy groups -OCH3 is 1. The molecule has 0 unspecified atom stereocenters. The minimum Gasteiger partial charge on any atom is -0.380 e. The average Bonchev–Trinajstić information content (AvgIpc) is 2.44. The maximum Gasteiger partial charge on any atom is 0.136 e. The third-order valence-corrected chi connectivity index (χ3v) is 1.94. The summed E-state index contributed by atoms with van der Waals surface area (Å²) in [4.78, 5) is 4.34. The first-order valence-electron chi connectivity index (χ1n) is 4.23. The van der Waals surface area contributed by atoms with Crippen molar-refractivity contribution in [2.45, 2.75) is 13.5 Å². The Bertz CT molecular complexity index is 420. The monoisotopic (exact) mass is 176 g/mol. The number of hydrogen-bond acceptors (Lipinski definition) is 2. The van der Waals surface area contributed by atoms with Crippen LogP contribution in [0.3, 0.4) is 0 Å². The molecule has 0 atom stereocenters. The summed E-state index contributed by atoms with van der Waals surface area (Å²) in [5.74, 6) is 0. The van der Waals surface area contributed by atoms with Gasteiger partial charge in [0, 0.05) is 19.5 Å². The molecule has 0 aliphatic carbocycles. The Morgan fingerprint density at radius 1 is 1.38 bits per heavy atom. The lowest BCUT2D eigenvalue weighted by atomic mass is 10.3. The fraction of sp³-hybridized carbons (Fsp3) is 0.300. The molecule has 0 saturated carbocycles. The third-order valence-electron chi connectivity index (χ3n) is 1.94. The quantitative estimate of drug-likeness (QED) is 0.697. The van der Waals surface area contributed by atoms with Crippen molar-refractivity contribution in [3.8, 4) is 0 Å². The van der Waals surface area contributed by atoms with E-state index in [9.17, 15) is 0 Å². The minimum absolute atomic E-state index is 0.646. The number of pyridine rings is 1. The van der Waals surface area contributed by atoms with Gasteiger partial charge in [0.05, 0.1) is 12.3 Å². The topological polar surface area (TPSA) is 26.5 Å². The first kappa shape index (κ1) is 8.26. The molecule has 2 aromatic rings. The highest BCUT2D eigenvalue weighted by atomic mass is 16.5. The van der Waals surface area contributed by atoms with Crippen molar-refractivity contribution in [3.63, 3.8) is 0 Å². The molecule has 2 rings (SSSR count). The van der Waals surface area contributed by atoms with E-state index in [1.807, 2.05) is 35.9 Å². The highest BCUT2D eigenvalue weighted by Gasteiger charge is 1.98. The second-order valence-corrected chi connectivity index (χ2v) is 3.12. The highest BCUT2D eigenvalue weighted by Crippen LogP contribution is 2.07. The predicted octanol–water partition coefficient (Wildman–Crippen LogP) is 1.79. The first-order valence-corrected chi connectivity index (χ1v) is 4.23. The summed E-state index contributed by atoms with van der Waals surface area (Å²) >= 11 is 0. The first-order chi connectivity index (χ1) is 6.29. The Kier molecular flexibility index (Phi) is 2.02. The van der Waals surface area contributed by atoms with Crippen molar-refractivity contribution >= 4 is 5.65 Å². The van der Waals surface area contributed by atoms with Gasteiger partial charge in [-0.3, -0.25) is 0 Å². The van der Waals surface area contributed by atoms with Gasteiger partial charge in [0.15, 0.2) is 0 Å². The van der Waals surface area contributed by atoms with E-state index < -0.39 is 0 Å². The minimum atomic E-state index is 0.646. The molecule has 0 fully saturated rings. The van der Waals surface area contributed by atoms with Crippen LogP contribution < -0.4 is 0 Å². The van der Waals surface area contributed by atoms with Crippen LogP contribution in [0.25, 0.3) is 5.65 Å². The van der Waals surface area contributed by atoms with E-state index in [4.69, 9.17) is 4.74 Å². The van der Waals surface area contributed by atoms with Crippen LogP contribution in [-0.4, -0.2) is 16.5 Å². The van der Waals surface area contributed by atoms with Crippen LogP contribution >= 0.6 is 0 Å². The van der Waals surface area contributed by atoms with Gasteiger partial charge in [-0.05, 0) is 18.6 Å². The molecule has 0 amide bonds. The van der Waals surface area contributed by atoms with Gasteiger partial charge in [0.25, 0.3) is 0 Å². The molecule has 2 aromatic heterocycles. The summed E-state index contributed by atoms with van der Waals surface area (Å²) in [6.45, 7) is 2.64. The molecule has 0 N–H and O–H groups in total. The number of aromatic nitrogens is 2. The van der Waals surface area contributed by atoms with Crippen molar-refractivity contribution in [2.75, 3.05) is 7.11 Å². The van der Waals surface area contributed by atoms with Crippen LogP contribution in [0.4, 0.5) is 0 Å². The van der Waals surface area contributed by atoms with Crippen molar-refractivity contribution in [2.24, 2.45) is 0 Å². The van der Waals surface area contributed by atoms with Crippen molar-refractivity contribution in [1.82, 2.24) is 9.38 Å². The molecule has 13 heavy (non-hydrogen) atoms. The summed E-state index contributed by atoms with van der Waals surface area (Å²) in [6, 6.07) is 4.03. The zero-order chi connectivity index (χ0) is 9.26. The number of nitrogens with zero attached hydrogens (tertiary/aromatic N) is 2. The lowest BCUT2D eigenvalue weighted by Gasteiger charge is -1.99. The molecule has 0 aliphatic rings. The van der Waals surface area contributed by atoms with Gasteiger partial charge in [-0.25, -0.2) is 4.98 Å². The van der Waals surface area contributed by atoms with E-state index in [0.717, 1.165) is 16.9 Å². The zero-order valence-corrected chi connectivity index (χ0v) is 7.82. The number of hydrogen-bond donors (Lipinski definition) is 0. The molecule has 0 aromatic carbocycles. The van der Waals surface area contributed by atoms with Crippen LogP contribution in [0.15, 0.2) is 24.5 Å². The van der Waals surface area contributed by atoms with Crippen LogP contribution in [0.5, 0.6) is 0 Å². The summed E-state index contributed by atoms with van der Waals surface area (Å²) in [7, 11) is 1.70. The normalized spacial score (nSPS) is 10.9. The molecular weight excluding hydrogens is 164 g/mol. The summed E-state index contributed by atoms with van der Waals surface area (Å²) < 4.78 is 7.07. The van der Waals surface area contributed by atoms with Crippen LogP contribution in [-0.2, 0) is 11.3 Å². The number of aryl methyl sites for hydroxylation is 1. The van der Waals surface area contributed by atoms with Crippen LogP contribution in [0.1, 0.15) is 11.3 Å². The fourth-order valence-corrected chi connectivity index (χ4v) is 1.42. The van der Waals surface area contributed by atoms with Crippen LogP contribution in [0.2, 0.25) is 0 Å². The second-order valence-electron chi connectivity index (χ2n) is 3.12. The van der Waals surface area contributed by atoms with Gasteiger partial charge in [-0.1, -0.05) is 6.07 Å². The number of imidazole rings is 1. The van der Waals surface area contributed by atoms with Gasteiger partial charge in [0.2, 0.25) is 0 Å². The fourth-order valence-electron chi connectivity index (χ4n) is 1.42. The molecule has 0 spiro atoms. The Morgan fingerprint density at radius 2 is 2.23 bits per heavy atom. The third kappa shape index (κ3) is 1.55. The van der Waals surface area contributed by atoms with Gasteiger partial charge < -0.3 is 9.14 Å². The molecule has 3 nitrogen and oxygen atoms in total. The standard InChI is InChI=1S/C10H12N2O/c1-8-5-12-6-9(7-13-2)3-4-10(12)11-8/h3-6H,7H2,1-2H3. The molecule has 0 bridgehead atoms. The van der Waals surface area contributed by atoms with E-state index >= 15 is 0 Å². The predicted molar refractivity (Wildman–Crippen MR) is 50.6 cm³/mol. The lowest BCUT2D eigenvalue weighted by Crippen LogP contribution is -1.90. The van der Waals surface area contributed by atoms with Crippen LogP contribution in [0, 0.1) is 6.92 Å². The summed E-state index contributed by atoms with van der Waals surface area (Å²) in [6.07, 6.45) is 4.05. The molecule has 2 heterocycles. The Balaban J connectivity index is 2.48. The Morgan fingerprint density at radius 3 is 3.00 bits per heavy atom. The summed E-state index contributed by atoms with van der Waals surface area (Å²) in [5.41, 5.74) is 3.18. The largest absolute Gasteiger partial charge is 0.380 e. The van der Waals surface area contributed by atoms with E-state index in [1.54, 1.807) is 7.11 Å². The van der Waals surface area contributed by atoms with E-state index in [0.29, 0.717) is 6.61 Å². The molecule has 0 saturated heterocycles. The molecule has 0 aliphatic heterocycles. The number of ether oxygens (including phenoxy) is 1. The number of rotatable bonds is 2. The smallest absolute Gasteiger partial charge is 0.136 e. The number of fused-ring (bicyclic) bond motifs is 1. The molecular formula is C10H12N2O. The Hall–Kier alpha value is -1.35. The zero-order valence-electron chi connectivity index (χ0n) is 7.82. The van der Waals surface area contributed by atoms with Gasteiger partial charge >= 0.3 is 0 Å². The van der Waals surface area contributed by atoms with Gasteiger partial charge in [0.1, 0.15) is 5.65 Å². The molecule has 3 heteroatoms. The van der Waals surface area contributed by atoms with Crippen molar-refractivity contribution in [3.05, 3.63) is 35.8 Å². The molecule has 68 valence electrons. The lowest BCUT2D eigenvalue weighted by molar-refractivity contribution is 0.184. The maximum atomic E-state index is 5.05. The Labute approximate surface area is 77.0 Å². The van der Waals surface area contributed by atoms with Gasteiger partial charge in [-0.15, -0.1) is 0 Å².